The molecule has 1 aliphatic heterocycles. The number of ether oxygens (including phenoxy) is 1. The molecule has 0 amide bonds. The molecule has 10 heteroatoms. The molecule has 2 aromatic rings. The summed E-state index contributed by atoms with van der Waals surface area (Å²) in [5.74, 6) is 0. The standard InChI is InChI=1S/C23H27F6N3O/c24-22(25,26)18-14-17(16-32-20(18)23(27,28)29)15-30-11-8-21(19-6-2-4-10-31-19)7-3-1-5-12-33-13-9-21/h2,4,6,10,14,16,30H,1,3,5,7-9,11-13,15H2/t21-/m1/s1. The van der Waals surface area contributed by atoms with Gasteiger partial charge in [0.1, 0.15) is 0 Å². The largest absolute Gasteiger partial charge is 0.433 e. The first kappa shape index (κ1) is 25.4. The third-order valence-electron chi connectivity index (χ3n) is 6.00. The van der Waals surface area contributed by atoms with Gasteiger partial charge < -0.3 is 10.1 Å². The fourth-order valence-corrected chi connectivity index (χ4v) is 4.26. The molecule has 1 N–H and O–H groups in total. The molecule has 3 rings (SSSR count). The molecule has 3 heterocycles. The van der Waals surface area contributed by atoms with Crippen molar-refractivity contribution in [2.24, 2.45) is 0 Å². The van der Waals surface area contributed by atoms with Crippen LogP contribution >= 0.6 is 0 Å². The van der Waals surface area contributed by atoms with E-state index in [0.717, 1.165) is 50.6 Å². The predicted molar refractivity (Wildman–Crippen MR) is 110 cm³/mol. The Labute approximate surface area is 188 Å². The van der Waals surface area contributed by atoms with Crippen LogP contribution in [0.2, 0.25) is 0 Å². The molecule has 0 aromatic carbocycles. The Morgan fingerprint density at radius 1 is 0.939 bits per heavy atom. The summed E-state index contributed by atoms with van der Waals surface area (Å²) in [4.78, 5) is 7.63. The van der Waals surface area contributed by atoms with Gasteiger partial charge in [0, 0.05) is 43.3 Å². The van der Waals surface area contributed by atoms with Crippen LogP contribution in [0.4, 0.5) is 26.3 Å². The van der Waals surface area contributed by atoms with Gasteiger partial charge in [-0.05, 0) is 56.0 Å². The van der Waals surface area contributed by atoms with Gasteiger partial charge in [0.05, 0.1) is 5.56 Å². The van der Waals surface area contributed by atoms with E-state index in [-0.39, 0.29) is 17.5 Å². The second-order valence-electron chi connectivity index (χ2n) is 8.33. The van der Waals surface area contributed by atoms with Crippen LogP contribution in [-0.4, -0.2) is 29.7 Å². The van der Waals surface area contributed by atoms with Crippen molar-refractivity contribution in [3.8, 4) is 0 Å². The predicted octanol–water partition coefficient (Wildman–Crippen LogP) is 5.91. The van der Waals surface area contributed by atoms with Crippen LogP contribution in [-0.2, 0) is 29.0 Å². The fourth-order valence-electron chi connectivity index (χ4n) is 4.26. The quantitative estimate of drug-likeness (QED) is 0.417. The van der Waals surface area contributed by atoms with Gasteiger partial charge >= 0.3 is 12.4 Å². The fraction of sp³-hybridized carbons (Fsp3) is 0.565. The van der Waals surface area contributed by atoms with Crippen molar-refractivity contribution in [2.45, 2.75) is 62.8 Å². The van der Waals surface area contributed by atoms with Gasteiger partial charge in [-0.25, -0.2) is 0 Å². The van der Waals surface area contributed by atoms with E-state index in [1.165, 1.54) is 0 Å². The lowest BCUT2D eigenvalue weighted by atomic mass is 9.74. The molecule has 0 unspecified atom stereocenters. The lowest BCUT2D eigenvalue weighted by Crippen LogP contribution is -2.33. The van der Waals surface area contributed by atoms with E-state index in [9.17, 15) is 26.3 Å². The van der Waals surface area contributed by atoms with Gasteiger partial charge in [0.2, 0.25) is 0 Å². The molecule has 1 aliphatic rings. The minimum Gasteiger partial charge on any atom is -0.381 e. The van der Waals surface area contributed by atoms with Gasteiger partial charge in [-0.1, -0.05) is 18.9 Å². The highest BCUT2D eigenvalue weighted by atomic mass is 19.4. The summed E-state index contributed by atoms with van der Waals surface area (Å²) in [6.45, 7) is 1.75. The summed E-state index contributed by atoms with van der Waals surface area (Å²) in [6.07, 6.45) is -2.33. The smallest absolute Gasteiger partial charge is 0.381 e. The Morgan fingerprint density at radius 2 is 1.76 bits per heavy atom. The highest BCUT2D eigenvalue weighted by Gasteiger charge is 2.44. The van der Waals surface area contributed by atoms with E-state index < -0.39 is 23.6 Å². The Hall–Kier alpha value is -2.20. The first-order chi connectivity index (χ1) is 15.6. The maximum atomic E-state index is 13.2. The van der Waals surface area contributed by atoms with Crippen LogP contribution < -0.4 is 5.32 Å². The summed E-state index contributed by atoms with van der Waals surface area (Å²) in [5, 5.41) is 3.07. The number of halogens is 6. The molecular formula is C23H27F6N3O. The molecule has 33 heavy (non-hydrogen) atoms. The Kier molecular flexibility index (Phi) is 8.33. The average Bonchev–Trinajstić information content (AvgIpc) is 2.89. The molecule has 0 aliphatic carbocycles. The number of hydrogen-bond donors (Lipinski definition) is 1. The third kappa shape index (κ3) is 6.89. The number of alkyl halides is 6. The summed E-state index contributed by atoms with van der Waals surface area (Å²) in [7, 11) is 0. The molecule has 1 atom stereocenters. The first-order valence-electron chi connectivity index (χ1n) is 11.0. The normalized spacial score (nSPS) is 20.7. The zero-order valence-corrected chi connectivity index (χ0v) is 18.1. The van der Waals surface area contributed by atoms with Crippen molar-refractivity contribution in [3.05, 3.63) is 59.2 Å². The van der Waals surface area contributed by atoms with E-state index in [1.807, 2.05) is 18.2 Å². The number of nitrogens with zero attached hydrogens (tertiary/aromatic N) is 2. The molecule has 4 nitrogen and oxygen atoms in total. The number of hydrogen-bond acceptors (Lipinski definition) is 4. The number of nitrogens with one attached hydrogen (secondary N) is 1. The number of aromatic nitrogens is 2. The van der Waals surface area contributed by atoms with E-state index in [1.54, 1.807) is 6.20 Å². The highest BCUT2D eigenvalue weighted by molar-refractivity contribution is 5.30. The van der Waals surface area contributed by atoms with Crippen molar-refractivity contribution in [1.29, 1.82) is 0 Å². The van der Waals surface area contributed by atoms with E-state index >= 15 is 0 Å². The summed E-state index contributed by atoms with van der Waals surface area (Å²) in [6, 6.07) is 6.27. The molecular weight excluding hydrogens is 448 g/mol. The molecule has 1 fully saturated rings. The van der Waals surface area contributed by atoms with Crippen LogP contribution in [0.25, 0.3) is 0 Å². The Balaban J connectivity index is 1.71. The van der Waals surface area contributed by atoms with Crippen LogP contribution in [0.3, 0.4) is 0 Å². The van der Waals surface area contributed by atoms with Crippen molar-refractivity contribution in [3.63, 3.8) is 0 Å². The second kappa shape index (κ2) is 10.8. The van der Waals surface area contributed by atoms with Crippen molar-refractivity contribution >= 4 is 0 Å². The van der Waals surface area contributed by atoms with Crippen molar-refractivity contribution in [2.75, 3.05) is 19.8 Å². The lowest BCUT2D eigenvalue weighted by Gasteiger charge is -2.33. The molecule has 0 bridgehead atoms. The number of pyridine rings is 2. The van der Waals surface area contributed by atoms with E-state index in [2.05, 4.69) is 15.3 Å². The second-order valence-corrected chi connectivity index (χ2v) is 8.33. The van der Waals surface area contributed by atoms with Crippen LogP contribution in [0.1, 0.15) is 61.0 Å². The third-order valence-corrected chi connectivity index (χ3v) is 6.00. The monoisotopic (exact) mass is 475 g/mol. The van der Waals surface area contributed by atoms with Gasteiger partial charge in [-0.2, -0.15) is 26.3 Å². The zero-order valence-electron chi connectivity index (χ0n) is 18.1. The van der Waals surface area contributed by atoms with Gasteiger partial charge in [0.15, 0.2) is 5.69 Å². The number of rotatable bonds is 6. The topological polar surface area (TPSA) is 47.0 Å². The SMILES string of the molecule is FC(F)(F)c1cc(CNCC[C@]2(c3ccccn3)CCCCCOCC2)cnc1C(F)(F)F. The van der Waals surface area contributed by atoms with E-state index in [0.29, 0.717) is 25.6 Å². The molecule has 182 valence electrons. The maximum absolute atomic E-state index is 13.2. The molecule has 1 saturated heterocycles. The van der Waals surface area contributed by atoms with E-state index in [4.69, 9.17) is 4.74 Å². The molecule has 0 saturated carbocycles. The van der Waals surface area contributed by atoms with Gasteiger partial charge in [-0.15, -0.1) is 0 Å². The van der Waals surface area contributed by atoms with Crippen LogP contribution in [0.15, 0.2) is 36.7 Å². The Bertz CT molecular complexity index is 876. The lowest BCUT2D eigenvalue weighted by molar-refractivity contribution is -0.164. The van der Waals surface area contributed by atoms with Crippen LogP contribution in [0, 0.1) is 0 Å². The highest BCUT2D eigenvalue weighted by Crippen LogP contribution is 2.39. The first-order valence-corrected chi connectivity index (χ1v) is 11.0. The minimum absolute atomic E-state index is 0.0248. The summed E-state index contributed by atoms with van der Waals surface area (Å²) in [5.41, 5.74) is -2.94. The zero-order chi connectivity index (χ0) is 24.0. The van der Waals surface area contributed by atoms with Crippen LogP contribution in [0.5, 0.6) is 0 Å². The average molecular weight is 475 g/mol. The maximum Gasteiger partial charge on any atom is 0.433 e. The van der Waals surface area contributed by atoms with Gasteiger partial charge in [0.25, 0.3) is 0 Å². The molecule has 2 aromatic heterocycles. The molecule has 0 radical (unpaired) electrons. The summed E-state index contributed by atoms with van der Waals surface area (Å²) >= 11 is 0. The minimum atomic E-state index is -5.18. The van der Waals surface area contributed by atoms with Crippen molar-refractivity contribution in [1.82, 2.24) is 15.3 Å². The van der Waals surface area contributed by atoms with Gasteiger partial charge in [-0.3, -0.25) is 9.97 Å². The van der Waals surface area contributed by atoms with Crippen molar-refractivity contribution < 1.29 is 31.1 Å². The Morgan fingerprint density at radius 3 is 2.45 bits per heavy atom. The summed E-state index contributed by atoms with van der Waals surface area (Å²) < 4.78 is 84.0. The molecule has 0 spiro atoms.